The van der Waals surface area contributed by atoms with Gasteiger partial charge in [0.1, 0.15) is 5.90 Å². The van der Waals surface area contributed by atoms with Gasteiger partial charge in [-0.1, -0.05) is 34.8 Å². The van der Waals surface area contributed by atoms with E-state index in [-0.39, 0.29) is 0 Å². The fourth-order valence-electron chi connectivity index (χ4n) is 0.0518. The molecule has 0 unspecified atom stereocenters. The van der Waals surface area contributed by atoms with Crippen molar-refractivity contribution in [2.24, 2.45) is 0 Å². The summed E-state index contributed by atoms with van der Waals surface area (Å²) < 4.78 is -2.19. The zero-order valence-corrected chi connectivity index (χ0v) is 5.67. The van der Waals surface area contributed by atoms with Crippen molar-refractivity contribution in [2.75, 3.05) is 0 Å². The summed E-state index contributed by atoms with van der Waals surface area (Å²) in [5.41, 5.74) is 0. The molecule has 3 nitrogen and oxygen atoms in total. The van der Waals surface area contributed by atoms with Gasteiger partial charge in [-0.25, -0.2) is 4.79 Å². The predicted molar refractivity (Wildman–Crippen MR) is 28.5 cm³/mol. The van der Waals surface area contributed by atoms with Gasteiger partial charge in [-0.15, -0.1) is 0 Å². The van der Waals surface area contributed by atoms with E-state index >= 15 is 0 Å². The van der Waals surface area contributed by atoms with E-state index in [1.54, 1.807) is 0 Å². The Morgan fingerprint density at radius 3 is 1.88 bits per heavy atom. The fourth-order valence-corrected chi connectivity index (χ4v) is 0.155. The molecule has 8 heavy (non-hydrogen) atoms. The first kappa shape index (κ1) is 8.30. The highest BCUT2D eigenvalue weighted by molar-refractivity contribution is 6.75. The van der Waals surface area contributed by atoms with E-state index in [9.17, 15) is 4.79 Å². The molecule has 0 N–H and O–H groups in total. The number of carbonyl (C=O) groups is 1. The lowest BCUT2D eigenvalue weighted by molar-refractivity contribution is -0.144. The van der Waals surface area contributed by atoms with Gasteiger partial charge in [-0.2, -0.15) is 0 Å². The molecule has 0 atom stereocenters. The van der Waals surface area contributed by atoms with Gasteiger partial charge in [0.25, 0.3) is 3.79 Å². The molecular formula is C2Cl3NO2. The molecule has 0 saturated heterocycles. The molecule has 0 aromatic rings. The molecule has 0 heterocycles. The molecule has 46 valence electrons. The van der Waals surface area contributed by atoms with Gasteiger partial charge in [-0.3, -0.25) is 0 Å². The topological polar surface area (TPSA) is 48.6 Å². The molecule has 0 rings (SSSR count). The highest BCUT2D eigenvalue weighted by atomic mass is 35.6. The highest BCUT2D eigenvalue weighted by Crippen LogP contribution is 2.26. The zero-order chi connectivity index (χ0) is 6.78. The van der Waals surface area contributed by atoms with Crippen molar-refractivity contribution in [3.05, 3.63) is 0 Å². The number of hydrogen-bond donors (Lipinski definition) is 0. The third-order valence-corrected chi connectivity index (χ3v) is 0.777. The Bertz CT molecular complexity index is 97.9. The van der Waals surface area contributed by atoms with Crippen LogP contribution in [0, 0.1) is 0 Å². The molecule has 0 fully saturated rings. The Balaban J connectivity index is 3.82. The van der Waals surface area contributed by atoms with Crippen LogP contribution in [0.1, 0.15) is 0 Å². The van der Waals surface area contributed by atoms with Crippen LogP contribution in [0.15, 0.2) is 0 Å². The number of halogens is 3. The Hall–Kier alpha value is 0.300. The average Bonchev–Trinajstić information content (AvgIpc) is 1.62. The van der Waals surface area contributed by atoms with Gasteiger partial charge in [0.05, 0.1) is 0 Å². The third kappa shape index (κ3) is 2.57. The minimum absolute atomic E-state index is 1.32. The van der Waals surface area contributed by atoms with E-state index in [1.165, 1.54) is 0 Å². The minimum atomic E-state index is -2.19. The Labute approximate surface area is 60.6 Å². The summed E-state index contributed by atoms with van der Waals surface area (Å²) >= 11 is 14.6. The molecule has 0 amide bonds. The first-order valence-corrected chi connectivity index (χ1v) is 2.54. The molecule has 0 aromatic carbocycles. The second-order valence-electron chi connectivity index (χ2n) is 0.877. The van der Waals surface area contributed by atoms with Crippen molar-refractivity contribution < 1.29 is 9.63 Å². The normalized spacial score (nSPS) is 11.0. The van der Waals surface area contributed by atoms with E-state index in [2.05, 4.69) is 4.84 Å². The summed E-state index contributed by atoms with van der Waals surface area (Å²) in [4.78, 5) is 13.0. The van der Waals surface area contributed by atoms with Crippen LogP contribution in [0.2, 0.25) is 0 Å². The van der Waals surface area contributed by atoms with Crippen LogP contribution in [0.3, 0.4) is 0 Å². The standard InChI is InChI=1S/C2Cl3NO2/c3-2(4,5)1(7)8-6. The number of nitrogens with zero attached hydrogens (tertiary/aromatic N) is 1. The average molecular weight is 176 g/mol. The van der Waals surface area contributed by atoms with Crippen molar-refractivity contribution in [2.45, 2.75) is 3.79 Å². The molecule has 0 aliphatic carbocycles. The lowest BCUT2D eigenvalue weighted by Crippen LogP contribution is -2.20. The molecule has 2 radical (unpaired) electrons. The third-order valence-electron chi connectivity index (χ3n) is 0.314. The van der Waals surface area contributed by atoms with Gasteiger partial charge in [0, 0.05) is 0 Å². The summed E-state index contributed by atoms with van der Waals surface area (Å²) in [5.74, 6) is 6.25. The van der Waals surface area contributed by atoms with Crippen molar-refractivity contribution in [3.8, 4) is 0 Å². The zero-order valence-electron chi connectivity index (χ0n) is 3.40. The van der Waals surface area contributed by atoms with E-state index in [4.69, 9.17) is 40.7 Å². The molecule has 0 aliphatic heterocycles. The number of carbonyl (C=O) groups excluding carboxylic acids is 1. The SMILES string of the molecule is [N]OC(=O)C(Cl)(Cl)Cl. The molecule has 6 heteroatoms. The maximum absolute atomic E-state index is 9.97. The number of alkyl halides is 3. The van der Waals surface area contributed by atoms with Crippen molar-refractivity contribution >= 4 is 40.8 Å². The van der Waals surface area contributed by atoms with E-state index in [0.717, 1.165) is 0 Å². The Kier molecular flexibility index (Phi) is 2.83. The van der Waals surface area contributed by atoms with E-state index in [0.29, 0.717) is 0 Å². The first-order chi connectivity index (χ1) is 3.48. The molecule has 0 aliphatic rings. The van der Waals surface area contributed by atoms with Crippen molar-refractivity contribution in [3.63, 3.8) is 0 Å². The maximum atomic E-state index is 9.97. The van der Waals surface area contributed by atoms with Crippen molar-refractivity contribution in [1.82, 2.24) is 5.90 Å². The summed E-state index contributed by atoms with van der Waals surface area (Å²) in [5, 5.41) is 0. The lowest BCUT2D eigenvalue weighted by Gasteiger charge is -2.02. The van der Waals surface area contributed by atoms with Crippen molar-refractivity contribution in [1.29, 1.82) is 0 Å². The second-order valence-corrected chi connectivity index (χ2v) is 3.16. The minimum Gasteiger partial charge on any atom is -0.324 e. The monoisotopic (exact) mass is 175 g/mol. The van der Waals surface area contributed by atoms with Crippen LogP contribution < -0.4 is 5.90 Å². The maximum Gasteiger partial charge on any atom is 0.380 e. The number of rotatable bonds is 0. The highest BCUT2D eigenvalue weighted by Gasteiger charge is 2.32. The Morgan fingerprint density at radius 2 is 1.88 bits per heavy atom. The molecule has 0 saturated carbocycles. The lowest BCUT2D eigenvalue weighted by atomic mass is 10.8. The first-order valence-electron chi connectivity index (χ1n) is 1.41. The largest absolute Gasteiger partial charge is 0.380 e. The molecular weight excluding hydrogens is 176 g/mol. The van der Waals surface area contributed by atoms with E-state index in [1.807, 2.05) is 0 Å². The van der Waals surface area contributed by atoms with Gasteiger partial charge < -0.3 is 4.84 Å². The van der Waals surface area contributed by atoms with Gasteiger partial charge in [0.2, 0.25) is 0 Å². The van der Waals surface area contributed by atoms with Crippen LogP contribution >= 0.6 is 34.8 Å². The van der Waals surface area contributed by atoms with Gasteiger partial charge in [0.15, 0.2) is 0 Å². The smallest absolute Gasteiger partial charge is 0.324 e. The molecule has 0 bridgehead atoms. The fraction of sp³-hybridized carbons (Fsp3) is 0.500. The second kappa shape index (κ2) is 2.73. The quantitative estimate of drug-likeness (QED) is 0.406. The van der Waals surface area contributed by atoms with Gasteiger partial charge >= 0.3 is 5.97 Å². The van der Waals surface area contributed by atoms with Crippen LogP contribution in [0.4, 0.5) is 0 Å². The van der Waals surface area contributed by atoms with E-state index < -0.39 is 9.76 Å². The summed E-state index contributed by atoms with van der Waals surface area (Å²) in [6.07, 6.45) is 0. The summed E-state index contributed by atoms with van der Waals surface area (Å²) in [6.45, 7) is 0. The van der Waals surface area contributed by atoms with Crippen LogP contribution in [0.5, 0.6) is 0 Å². The molecule has 0 spiro atoms. The van der Waals surface area contributed by atoms with Crippen LogP contribution in [-0.2, 0) is 9.63 Å². The number of hydrogen-bond acceptors (Lipinski definition) is 2. The summed E-state index contributed by atoms with van der Waals surface area (Å²) in [7, 11) is 0. The Morgan fingerprint density at radius 1 is 1.50 bits per heavy atom. The van der Waals surface area contributed by atoms with Crippen LogP contribution in [-0.4, -0.2) is 9.76 Å². The predicted octanol–water partition coefficient (Wildman–Crippen LogP) is 0.883. The van der Waals surface area contributed by atoms with Gasteiger partial charge in [-0.05, 0) is 0 Å². The van der Waals surface area contributed by atoms with Crippen LogP contribution in [0.25, 0.3) is 0 Å². The molecule has 0 aromatic heterocycles. The summed E-state index contributed by atoms with van der Waals surface area (Å²) in [6, 6.07) is 0.